The van der Waals surface area contributed by atoms with Crippen LogP contribution in [0.4, 0.5) is 0 Å². The third-order valence-electron chi connectivity index (χ3n) is 9.05. The van der Waals surface area contributed by atoms with Crippen LogP contribution in [0.25, 0.3) is 10.4 Å². The first-order chi connectivity index (χ1) is 11.5. The summed E-state index contributed by atoms with van der Waals surface area (Å²) in [5.41, 5.74) is 11.6. The van der Waals surface area contributed by atoms with Gasteiger partial charge in [0.25, 0.3) is 0 Å². The third kappa shape index (κ3) is 2.20. The maximum Gasteiger partial charge on any atom is 0.0377 e. The van der Waals surface area contributed by atoms with Crippen LogP contribution in [-0.2, 0) is 0 Å². The molecular weight excluding hydrogens is 294 g/mol. The molecule has 3 nitrogen and oxygen atoms in total. The predicted molar refractivity (Wildman–Crippen MR) is 98.4 cm³/mol. The zero-order valence-corrected chi connectivity index (χ0v) is 15.7. The molecular formula is C21H33N3. The van der Waals surface area contributed by atoms with Crippen LogP contribution in [0.5, 0.6) is 0 Å². The van der Waals surface area contributed by atoms with Gasteiger partial charge in [-0.25, -0.2) is 0 Å². The van der Waals surface area contributed by atoms with Crippen LogP contribution in [-0.4, -0.2) is 6.04 Å². The smallest absolute Gasteiger partial charge is 0.0377 e. The van der Waals surface area contributed by atoms with E-state index in [1.54, 1.807) is 5.57 Å². The second kappa shape index (κ2) is 5.80. The first-order valence-electron chi connectivity index (χ1n) is 10.2. The Morgan fingerprint density at radius 2 is 1.92 bits per heavy atom. The van der Waals surface area contributed by atoms with Gasteiger partial charge in [-0.05, 0) is 105 Å². The number of hydrogen-bond acceptors (Lipinski definition) is 1. The van der Waals surface area contributed by atoms with E-state index in [1.165, 1.54) is 44.9 Å². The summed E-state index contributed by atoms with van der Waals surface area (Å²) >= 11 is 0. The highest BCUT2D eigenvalue weighted by atomic mass is 15.1. The molecule has 4 rings (SSSR count). The van der Waals surface area contributed by atoms with E-state index in [1.807, 2.05) is 0 Å². The Morgan fingerprint density at radius 1 is 1.08 bits per heavy atom. The van der Waals surface area contributed by atoms with E-state index < -0.39 is 0 Å². The van der Waals surface area contributed by atoms with E-state index in [0.717, 1.165) is 36.5 Å². The van der Waals surface area contributed by atoms with Gasteiger partial charge in [-0.3, -0.25) is 0 Å². The highest BCUT2D eigenvalue weighted by molar-refractivity contribution is 5.23. The van der Waals surface area contributed by atoms with Crippen molar-refractivity contribution in [2.24, 2.45) is 39.6 Å². The second-order valence-corrected chi connectivity index (χ2v) is 9.60. The summed E-state index contributed by atoms with van der Waals surface area (Å²) < 4.78 is 0. The van der Waals surface area contributed by atoms with Crippen LogP contribution >= 0.6 is 0 Å². The standard InChI is InChI=1S/C21H33N3/c1-4-14-6-8-18-17-7-5-15-13-16(23-24-22)9-11-21(15,3)19(17)10-12-20(14,18)2/h4,15-19H,5-13H2,1-3H3/t15?,16-,17?,18?,19?,20-,21+/m1/s1. The number of rotatable bonds is 1. The van der Waals surface area contributed by atoms with Gasteiger partial charge in [-0.15, -0.1) is 0 Å². The molecule has 0 saturated heterocycles. The molecule has 0 aromatic rings. The molecule has 0 aromatic carbocycles. The van der Waals surface area contributed by atoms with Crippen molar-refractivity contribution in [1.82, 2.24) is 0 Å². The van der Waals surface area contributed by atoms with Crippen LogP contribution < -0.4 is 0 Å². The van der Waals surface area contributed by atoms with E-state index in [-0.39, 0.29) is 6.04 Å². The minimum Gasteiger partial charge on any atom is -0.0906 e. The van der Waals surface area contributed by atoms with E-state index in [4.69, 9.17) is 5.53 Å². The van der Waals surface area contributed by atoms with Crippen molar-refractivity contribution in [3.8, 4) is 0 Å². The first-order valence-corrected chi connectivity index (χ1v) is 10.2. The molecule has 0 aromatic heterocycles. The third-order valence-corrected chi connectivity index (χ3v) is 9.05. The van der Waals surface area contributed by atoms with Gasteiger partial charge in [-0.2, -0.15) is 0 Å². The lowest BCUT2D eigenvalue weighted by molar-refractivity contribution is -0.0998. The van der Waals surface area contributed by atoms with Crippen molar-refractivity contribution in [2.45, 2.75) is 84.6 Å². The van der Waals surface area contributed by atoms with Gasteiger partial charge in [0.2, 0.25) is 0 Å². The van der Waals surface area contributed by atoms with E-state index in [0.29, 0.717) is 10.8 Å². The van der Waals surface area contributed by atoms with Crippen molar-refractivity contribution in [3.63, 3.8) is 0 Å². The molecule has 0 spiro atoms. The van der Waals surface area contributed by atoms with E-state index in [9.17, 15) is 0 Å². The van der Waals surface area contributed by atoms with Crippen molar-refractivity contribution in [3.05, 3.63) is 22.1 Å². The molecule has 0 heterocycles. The summed E-state index contributed by atoms with van der Waals surface area (Å²) in [5, 5.41) is 4.07. The Morgan fingerprint density at radius 3 is 2.67 bits per heavy atom. The predicted octanol–water partition coefficient (Wildman–Crippen LogP) is 6.65. The number of fused-ring (bicyclic) bond motifs is 5. The molecule has 4 aliphatic carbocycles. The summed E-state index contributed by atoms with van der Waals surface area (Å²) in [6, 6.07) is 0.264. The summed E-state index contributed by atoms with van der Waals surface area (Å²) in [5.74, 6) is 3.57. The van der Waals surface area contributed by atoms with Crippen molar-refractivity contribution < 1.29 is 0 Å². The molecule has 3 heteroatoms. The van der Waals surface area contributed by atoms with Crippen LogP contribution in [0, 0.1) is 34.5 Å². The lowest BCUT2D eigenvalue weighted by Crippen LogP contribution is -2.53. The summed E-state index contributed by atoms with van der Waals surface area (Å²) in [7, 11) is 0. The minimum atomic E-state index is 0.264. The average molecular weight is 328 g/mol. The van der Waals surface area contributed by atoms with Gasteiger partial charge in [0.1, 0.15) is 0 Å². The largest absolute Gasteiger partial charge is 0.0906 e. The van der Waals surface area contributed by atoms with Gasteiger partial charge in [0.15, 0.2) is 0 Å². The number of hydrogen-bond donors (Lipinski definition) is 0. The van der Waals surface area contributed by atoms with Crippen molar-refractivity contribution >= 4 is 0 Å². The summed E-state index contributed by atoms with van der Waals surface area (Å²) in [6.07, 6.45) is 14.4. The van der Waals surface area contributed by atoms with Gasteiger partial charge in [0, 0.05) is 11.0 Å². The molecule has 0 amide bonds. The molecule has 0 N–H and O–H groups in total. The monoisotopic (exact) mass is 327 g/mol. The topological polar surface area (TPSA) is 48.8 Å². The molecule has 0 bridgehead atoms. The summed E-state index contributed by atoms with van der Waals surface area (Å²) in [4.78, 5) is 3.09. The molecule has 4 fully saturated rings. The van der Waals surface area contributed by atoms with Crippen LogP contribution in [0.2, 0.25) is 0 Å². The fraction of sp³-hybridized carbons (Fsp3) is 0.905. The van der Waals surface area contributed by atoms with Gasteiger partial charge in [0.05, 0.1) is 0 Å². The maximum absolute atomic E-state index is 8.80. The number of nitrogens with zero attached hydrogens (tertiary/aromatic N) is 3. The Balaban J connectivity index is 1.59. The molecule has 0 radical (unpaired) electrons. The highest BCUT2D eigenvalue weighted by Crippen LogP contribution is 2.67. The Labute approximate surface area is 146 Å². The molecule has 7 atom stereocenters. The van der Waals surface area contributed by atoms with Crippen LogP contribution in [0.1, 0.15) is 78.6 Å². The number of allylic oxidation sites excluding steroid dienone is 2. The fourth-order valence-corrected chi connectivity index (χ4v) is 7.74. The Kier molecular flexibility index (Phi) is 3.99. The van der Waals surface area contributed by atoms with E-state index in [2.05, 4.69) is 36.9 Å². The van der Waals surface area contributed by atoms with Crippen molar-refractivity contribution in [1.29, 1.82) is 0 Å². The number of azide groups is 1. The lowest BCUT2D eigenvalue weighted by Gasteiger charge is -2.60. The van der Waals surface area contributed by atoms with Crippen LogP contribution in [0.3, 0.4) is 0 Å². The minimum absolute atomic E-state index is 0.264. The maximum atomic E-state index is 8.80. The van der Waals surface area contributed by atoms with Crippen molar-refractivity contribution in [2.75, 3.05) is 0 Å². The lowest BCUT2D eigenvalue weighted by atomic mass is 9.45. The highest BCUT2D eigenvalue weighted by Gasteiger charge is 2.58. The Bertz CT molecular complexity index is 590. The zero-order chi connectivity index (χ0) is 16.9. The normalized spacial score (nSPS) is 52.1. The zero-order valence-electron chi connectivity index (χ0n) is 15.7. The quantitative estimate of drug-likeness (QED) is 0.224. The first kappa shape index (κ1) is 16.5. The molecule has 4 aliphatic rings. The molecule has 0 aliphatic heterocycles. The molecule has 24 heavy (non-hydrogen) atoms. The van der Waals surface area contributed by atoms with Gasteiger partial charge in [-0.1, -0.05) is 30.6 Å². The summed E-state index contributed by atoms with van der Waals surface area (Å²) in [6.45, 7) is 7.42. The molecule has 4 unspecified atom stereocenters. The Hall–Kier alpha value is -0.950. The second-order valence-electron chi connectivity index (χ2n) is 9.60. The SMILES string of the molecule is CC=C1CCC2C3CCC4C[C@H](N=[N+]=[N-])CC[C@]4(C)C3CC[C@]12C. The van der Waals surface area contributed by atoms with Crippen LogP contribution in [0.15, 0.2) is 16.8 Å². The molecule has 4 saturated carbocycles. The average Bonchev–Trinajstić information content (AvgIpc) is 2.92. The molecule has 132 valence electrons. The van der Waals surface area contributed by atoms with E-state index >= 15 is 0 Å². The van der Waals surface area contributed by atoms with Gasteiger partial charge < -0.3 is 0 Å². The fourth-order valence-electron chi connectivity index (χ4n) is 7.74. The van der Waals surface area contributed by atoms with Gasteiger partial charge >= 0.3 is 0 Å².